The molecule has 1 heterocycles. The van der Waals surface area contributed by atoms with Crippen molar-refractivity contribution in [3.63, 3.8) is 0 Å². The minimum absolute atomic E-state index is 0.0660. The minimum atomic E-state index is -0.620. The zero-order valence-electron chi connectivity index (χ0n) is 12.6. The van der Waals surface area contributed by atoms with Crippen molar-refractivity contribution >= 4 is 28.5 Å². The molecule has 1 N–H and O–H groups in total. The third-order valence-corrected chi connectivity index (χ3v) is 3.86. The van der Waals surface area contributed by atoms with Gasteiger partial charge in [-0.15, -0.1) is 11.6 Å². The first-order valence-corrected chi connectivity index (χ1v) is 7.27. The highest BCUT2D eigenvalue weighted by molar-refractivity contribution is 6.16. The van der Waals surface area contributed by atoms with Gasteiger partial charge in [0.05, 0.1) is 22.3 Å². The fraction of sp³-hybridized carbons (Fsp3) is 0.467. The van der Waals surface area contributed by atoms with Gasteiger partial charge in [-0.2, -0.15) is 0 Å². The fourth-order valence-electron chi connectivity index (χ4n) is 2.38. The Balaban J connectivity index is 2.56. The molecule has 6 heteroatoms. The molecule has 21 heavy (non-hydrogen) atoms. The molecule has 0 bridgehead atoms. The van der Waals surface area contributed by atoms with Crippen LogP contribution < -0.4 is 5.32 Å². The Hall–Kier alpha value is -1.62. The molecule has 2 aromatic rings. The van der Waals surface area contributed by atoms with Gasteiger partial charge in [0.15, 0.2) is 0 Å². The molecule has 0 saturated heterocycles. The van der Waals surface area contributed by atoms with Crippen molar-refractivity contribution in [3.05, 3.63) is 29.3 Å². The van der Waals surface area contributed by atoms with Crippen LogP contribution in [0, 0.1) is 18.2 Å². The number of fused-ring (bicyclic) bond motifs is 1. The lowest BCUT2D eigenvalue weighted by molar-refractivity contribution is -0.129. The smallest absolute Gasteiger partial charge is 0.227 e. The number of rotatable bonds is 4. The van der Waals surface area contributed by atoms with Gasteiger partial charge in [-0.3, -0.25) is 4.79 Å². The molecule has 0 aliphatic carbocycles. The predicted molar refractivity (Wildman–Crippen MR) is 81.8 cm³/mol. The number of hydrogen-bond donors (Lipinski definition) is 1. The van der Waals surface area contributed by atoms with Crippen molar-refractivity contribution in [2.45, 2.75) is 33.2 Å². The van der Waals surface area contributed by atoms with Gasteiger partial charge in [-0.1, -0.05) is 0 Å². The molecule has 0 aliphatic rings. The van der Waals surface area contributed by atoms with E-state index in [1.165, 1.54) is 6.07 Å². The number of alkyl halides is 1. The second-order valence-electron chi connectivity index (χ2n) is 5.80. The summed E-state index contributed by atoms with van der Waals surface area (Å²) in [6.45, 7) is 5.84. The maximum atomic E-state index is 13.7. The van der Waals surface area contributed by atoms with E-state index in [1.54, 1.807) is 20.0 Å². The summed E-state index contributed by atoms with van der Waals surface area (Å²) >= 11 is 5.95. The zero-order chi connectivity index (χ0) is 15.8. The Morgan fingerprint density at radius 2 is 2.14 bits per heavy atom. The van der Waals surface area contributed by atoms with Crippen LogP contribution in [0.5, 0.6) is 0 Å². The van der Waals surface area contributed by atoms with E-state index in [1.807, 2.05) is 18.4 Å². The molecular formula is C15H19ClFN3O. The molecule has 114 valence electrons. The lowest BCUT2D eigenvalue weighted by Crippen LogP contribution is -2.38. The summed E-state index contributed by atoms with van der Waals surface area (Å²) in [7, 11) is 1.61. The lowest BCUT2D eigenvalue weighted by Gasteiger charge is -2.24. The normalized spacial score (nSPS) is 11.9. The number of aryl methyl sites for hydroxylation is 1. The Morgan fingerprint density at radius 1 is 1.48 bits per heavy atom. The van der Waals surface area contributed by atoms with E-state index >= 15 is 0 Å². The number of carbonyl (C=O) groups excluding carboxylic acids is 1. The van der Waals surface area contributed by atoms with Crippen molar-refractivity contribution in [1.29, 1.82) is 0 Å². The van der Waals surface area contributed by atoms with E-state index in [0.717, 1.165) is 5.52 Å². The van der Waals surface area contributed by atoms with Crippen LogP contribution in [0.2, 0.25) is 0 Å². The van der Waals surface area contributed by atoms with Crippen LogP contribution in [0.25, 0.3) is 11.0 Å². The monoisotopic (exact) mass is 311 g/mol. The number of nitrogens with zero attached hydrogens (tertiary/aromatic N) is 2. The number of hydrogen-bond acceptors (Lipinski definition) is 2. The van der Waals surface area contributed by atoms with Crippen LogP contribution in [0.3, 0.4) is 0 Å². The maximum Gasteiger partial charge on any atom is 0.227 e. The van der Waals surface area contributed by atoms with E-state index in [4.69, 9.17) is 11.6 Å². The van der Waals surface area contributed by atoms with Gasteiger partial charge in [0.2, 0.25) is 5.91 Å². The van der Waals surface area contributed by atoms with E-state index in [2.05, 4.69) is 10.3 Å². The van der Waals surface area contributed by atoms with Crippen molar-refractivity contribution in [2.75, 3.05) is 7.05 Å². The van der Waals surface area contributed by atoms with Crippen LogP contribution in [-0.2, 0) is 17.2 Å². The van der Waals surface area contributed by atoms with E-state index in [0.29, 0.717) is 23.4 Å². The molecule has 0 radical (unpaired) electrons. The summed E-state index contributed by atoms with van der Waals surface area (Å²) in [5.41, 5.74) is 1.27. The number of nitrogens with one attached hydrogen (secondary N) is 1. The number of benzene rings is 1. The van der Waals surface area contributed by atoms with Crippen molar-refractivity contribution in [2.24, 2.45) is 5.41 Å². The molecule has 0 aliphatic heterocycles. The predicted octanol–water partition coefficient (Wildman–Crippen LogP) is 2.99. The summed E-state index contributed by atoms with van der Waals surface area (Å²) in [6, 6.07) is 3.15. The summed E-state index contributed by atoms with van der Waals surface area (Å²) < 4.78 is 15.6. The molecule has 0 atom stereocenters. The quantitative estimate of drug-likeness (QED) is 0.882. The van der Waals surface area contributed by atoms with Gasteiger partial charge >= 0.3 is 0 Å². The van der Waals surface area contributed by atoms with Crippen LogP contribution in [0.15, 0.2) is 12.1 Å². The number of amides is 1. The molecule has 0 fully saturated rings. The second kappa shape index (κ2) is 5.64. The van der Waals surface area contributed by atoms with Crippen LogP contribution in [0.4, 0.5) is 4.39 Å². The number of aromatic nitrogens is 2. The number of imidazole rings is 1. The SMILES string of the molecule is CNC(=O)C(C)(C)Cn1c(CCl)nc2cc(F)c(C)cc21. The summed E-state index contributed by atoms with van der Waals surface area (Å²) in [6.07, 6.45) is 0. The van der Waals surface area contributed by atoms with E-state index in [-0.39, 0.29) is 17.6 Å². The first kappa shape index (κ1) is 15.8. The zero-order valence-corrected chi connectivity index (χ0v) is 13.4. The average Bonchev–Trinajstić information content (AvgIpc) is 2.75. The highest BCUT2D eigenvalue weighted by atomic mass is 35.5. The molecule has 0 spiro atoms. The molecule has 1 amide bonds. The Bertz CT molecular complexity index is 694. The summed E-state index contributed by atoms with van der Waals surface area (Å²) in [4.78, 5) is 16.3. The minimum Gasteiger partial charge on any atom is -0.359 e. The Kier molecular flexibility index (Phi) is 4.23. The standard InChI is InChI=1S/C15H19ClFN3O/c1-9-5-12-11(6-10(9)17)19-13(7-16)20(12)8-15(2,3)14(21)18-4/h5-6H,7-8H2,1-4H3,(H,18,21). The number of halogens is 2. The van der Waals surface area contributed by atoms with Crippen LogP contribution in [-0.4, -0.2) is 22.5 Å². The molecular weight excluding hydrogens is 293 g/mol. The summed E-state index contributed by atoms with van der Waals surface area (Å²) in [5, 5.41) is 2.66. The average molecular weight is 312 g/mol. The van der Waals surface area contributed by atoms with Crippen molar-refractivity contribution in [1.82, 2.24) is 14.9 Å². The lowest BCUT2D eigenvalue weighted by atomic mass is 9.92. The molecule has 2 rings (SSSR count). The van der Waals surface area contributed by atoms with Gasteiger partial charge in [0, 0.05) is 19.7 Å². The third-order valence-electron chi connectivity index (χ3n) is 3.62. The van der Waals surface area contributed by atoms with Crippen LogP contribution >= 0.6 is 11.6 Å². The Labute approximate surface area is 128 Å². The van der Waals surface area contributed by atoms with E-state index < -0.39 is 5.41 Å². The highest BCUT2D eigenvalue weighted by Crippen LogP contribution is 2.26. The molecule has 0 saturated carbocycles. The topological polar surface area (TPSA) is 46.9 Å². The van der Waals surface area contributed by atoms with Crippen LogP contribution in [0.1, 0.15) is 25.2 Å². The van der Waals surface area contributed by atoms with Crippen molar-refractivity contribution in [3.8, 4) is 0 Å². The maximum absolute atomic E-state index is 13.7. The van der Waals surface area contributed by atoms with Gasteiger partial charge < -0.3 is 9.88 Å². The number of carbonyl (C=O) groups is 1. The van der Waals surface area contributed by atoms with E-state index in [9.17, 15) is 9.18 Å². The molecule has 1 aromatic carbocycles. The summed E-state index contributed by atoms with van der Waals surface area (Å²) in [5.74, 6) is 0.482. The fourth-order valence-corrected chi connectivity index (χ4v) is 2.59. The Morgan fingerprint density at radius 3 is 2.71 bits per heavy atom. The third kappa shape index (κ3) is 2.88. The highest BCUT2D eigenvalue weighted by Gasteiger charge is 2.29. The van der Waals surface area contributed by atoms with Crippen molar-refractivity contribution < 1.29 is 9.18 Å². The molecule has 0 unspecified atom stereocenters. The van der Waals surface area contributed by atoms with Gasteiger partial charge in [0.1, 0.15) is 11.6 Å². The second-order valence-corrected chi connectivity index (χ2v) is 6.07. The molecule has 1 aromatic heterocycles. The first-order valence-electron chi connectivity index (χ1n) is 6.73. The van der Waals surface area contributed by atoms with Gasteiger partial charge in [0.25, 0.3) is 0 Å². The van der Waals surface area contributed by atoms with Gasteiger partial charge in [-0.05, 0) is 32.4 Å². The molecule has 4 nitrogen and oxygen atoms in total. The largest absolute Gasteiger partial charge is 0.359 e. The first-order chi connectivity index (χ1) is 9.80. The van der Waals surface area contributed by atoms with Gasteiger partial charge in [-0.25, -0.2) is 9.37 Å².